The second kappa shape index (κ2) is 8.31. The van der Waals surface area contributed by atoms with Gasteiger partial charge in [-0.15, -0.1) is 0 Å². The molecule has 142 valence electrons. The molecule has 0 atom stereocenters. The van der Waals surface area contributed by atoms with Crippen molar-refractivity contribution in [3.8, 4) is 5.75 Å². The van der Waals surface area contributed by atoms with Gasteiger partial charge in [-0.25, -0.2) is 4.79 Å². The van der Waals surface area contributed by atoms with Crippen LogP contribution in [-0.2, 0) is 11.4 Å². The van der Waals surface area contributed by atoms with Crippen LogP contribution < -0.4 is 10.1 Å². The van der Waals surface area contributed by atoms with E-state index in [-0.39, 0.29) is 41.6 Å². The number of nitro benzene ring substituents is 1. The number of carboxylic acids is 1. The van der Waals surface area contributed by atoms with Gasteiger partial charge in [-0.05, 0) is 37.1 Å². The number of carbonyl (C=O) groups excluding carboxylic acids is 1. The molecule has 0 radical (unpaired) electrons. The Balaban J connectivity index is 2.35. The predicted molar refractivity (Wildman–Crippen MR) is 99.2 cm³/mol. The van der Waals surface area contributed by atoms with E-state index in [1.807, 2.05) is 0 Å². The number of carboxylic acid groups (broad SMARTS) is 1. The number of benzene rings is 2. The van der Waals surface area contributed by atoms with Crippen LogP contribution in [0.25, 0.3) is 0 Å². The second-order valence-electron chi connectivity index (χ2n) is 5.99. The third kappa shape index (κ3) is 4.60. The van der Waals surface area contributed by atoms with Crippen LogP contribution in [0.4, 0.5) is 11.4 Å². The molecule has 8 nitrogen and oxygen atoms in total. The van der Waals surface area contributed by atoms with Crippen LogP contribution in [-0.4, -0.2) is 21.9 Å². The summed E-state index contributed by atoms with van der Waals surface area (Å²) in [5, 5.41) is 23.2. The lowest BCUT2D eigenvalue weighted by molar-refractivity contribution is -0.384. The lowest BCUT2D eigenvalue weighted by Gasteiger charge is -2.14. The van der Waals surface area contributed by atoms with E-state index in [4.69, 9.17) is 4.74 Å². The van der Waals surface area contributed by atoms with Crippen LogP contribution in [0.2, 0.25) is 0 Å². The van der Waals surface area contributed by atoms with E-state index < -0.39 is 10.9 Å². The Hall–Kier alpha value is -3.42. The van der Waals surface area contributed by atoms with E-state index in [2.05, 4.69) is 5.32 Å². The summed E-state index contributed by atoms with van der Waals surface area (Å²) >= 11 is 0. The number of rotatable bonds is 7. The van der Waals surface area contributed by atoms with Gasteiger partial charge >= 0.3 is 5.97 Å². The smallest absolute Gasteiger partial charge is 0.336 e. The number of nitrogens with zero attached hydrogens (tertiary/aromatic N) is 1. The molecule has 0 bridgehead atoms. The Labute approximate surface area is 155 Å². The van der Waals surface area contributed by atoms with Crippen molar-refractivity contribution >= 4 is 23.3 Å². The van der Waals surface area contributed by atoms with Crippen molar-refractivity contribution in [1.82, 2.24) is 0 Å². The first kappa shape index (κ1) is 19.9. The largest absolute Gasteiger partial charge is 0.489 e. The van der Waals surface area contributed by atoms with Crippen LogP contribution in [0.5, 0.6) is 5.75 Å². The number of hydrogen-bond acceptors (Lipinski definition) is 5. The topological polar surface area (TPSA) is 119 Å². The molecule has 0 aromatic heterocycles. The second-order valence-corrected chi connectivity index (χ2v) is 5.99. The first-order valence-corrected chi connectivity index (χ1v) is 8.28. The maximum absolute atomic E-state index is 11.6. The Morgan fingerprint density at radius 1 is 1.22 bits per heavy atom. The highest BCUT2D eigenvalue weighted by molar-refractivity contribution is 5.94. The molecule has 0 aliphatic heterocycles. The molecule has 0 aliphatic carbocycles. The van der Waals surface area contributed by atoms with Crippen molar-refractivity contribution in [2.75, 3.05) is 5.32 Å². The normalized spacial score (nSPS) is 10.3. The number of anilines is 1. The molecule has 0 saturated heterocycles. The van der Waals surface area contributed by atoms with Gasteiger partial charge in [0.25, 0.3) is 5.69 Å². The molecule has 0 unspecified atom stereocenters. The molecule has 0 heterocycles. The minimum Gasteiger partial charge on any atom is -0.489 e. The highest BCUT2D eigenvalue weighted by Gasteiger charge is 2.21. The molecule has 1 amide bonds. The molecule has 2 aromatic rings. The van der Waals surface area contributed by atoms with Gasteiger partial charge in [-0.2, -0.15) is 0 Å². The third-order valence-corrected chi connectivity index (χ3v) is 4.09. The SMILES string of the molecule is CCC(=O)Nc1c(C)cc(OCc2c(C)cccc2C(=O)O)cc1[N+](=O)[O-]. The molecule has 8 heteroatoms. The third-order valence-electron chi connectivity index (χ3n) is 4.09. The quantitative estimate of drug-likeness (QED) is 0.563. The maximum atomic E-state index is 11.6. The van der Waals surface area contributed by atoms with Gasteiger partial charge in [0.1, 0.15) is 18.0 Å². The van der Waals surface area contributed by atoms with Gasteiger partial charge < -0.3 is 15.2 Å². The fraction of sp³-hybridized carbons (Fsp3) is 0.263. The van der Waals surface area contributed by atoms with Crippen molar-refractivity contribution in [2.24, 2.45) is 0 Å². The average molecular weight is 372 g/mol. The fourth-order valence-corrected chi connectivity index (χ4v) is 2.60. The zero-order valence-electron chi connectivity index (χ0n) is 15.2. The minimum atomic E-state index is -1.07. The number of nitro groups is 1. The Morgan fingerprint density at radius 2 is 1.93 bits per heavy atom. The van der Waals surface area contributed by atoms with Gasteiger partial charge in [0.05, 0.1) is 16.6 Å². The molecule has 2 aromatic carbocycles. The minimum absolute atomic E-state index is 0.0500. The highest BCUT2D eigenvalue weighted by Crippen LogP contribution is 2.33. The van der Waals surface area contributed by atoms with E-state index >= 15 is 0 Å². The molecule has 27 heavy (non-hydrogen) atoms. The Morgan fingerprint density at radius 3 is 2.52 bits per heavy atom. The summed E-state index contributed by atoms with van der Waals surface area (Å²) in [6.07, 6.45) is 0.195. The van der Waals surface area contributed by atoms with Crippen LogP contribution in [0, 0.1) is 24.0 Å². The molecule has 2 N–H and O–H groups in total. The summed E-state index contributed by atoms with van der Waals surface area (Å²) < 4.78 is 5.64. The molecule has 0 aliphatic rings. The average Bonchev–Trinajstić information content (AvgIpc) is 2.61. The number of aromatic carboxylic acids is 1. The van der Waals surface area contributed by atoms with Crippen LogP contribution in [0.3, 0.4) is 0 Å². The summed E-state index contributed by atoms with van der Waals surface area (Å²) in [5.74, 6) is -1.19. The van der Waals surface area contributed by atoms with E-state index in [0.717, 1.165) is 5.56 Å². The van der Waals surface area contributed by atoms with Crippen molar-refractivity contribution in [2.45, 2.75) is 33.8 Å². The number of carbonyl (C=O) groups is 2. The molecular weight excluding hydrogens is 352 g/mol. The van der Waals surface area contributed by atoms with E-state index in [0.29, 0.717) is 11.1 Å². The molecular formula is C19H20N2O6. The number of ether oxygens (including phenoxy) is 1. The van der Waals surface area contributed by atoms with Gasteiger partial charge in [0.2, 0.25) is 5.91 Å². The Bertz CT molecular complexity index is 907. The van der Waals surface area contributed by atoms with Crippen molar-refractivity contribution < 1.29 is 24.4 Å². The zero-order valence-corrected chi connectivity index (χ0v) is 15.2. The van der Waals surface area contributed by atoms with E-state index in [9.17, 15) is 24.8 Å². The summed E-state index contributed by atoms with van der Waals surface area (Å²) in [7, 11) is 0. The molecule has 0 saturated carbocycles. The van der Waals surface area contributed by atoms with E-state index in [1.54, 1.807) is 39.0 Å². The summed E-state index contributed by atoms with van der Waals surface area (Å²) in [5.41, 5.74) is 1.68. The van der Waals surface area contributed by atoms with Crippen LogP contribution >= 0.6 is 0 Å². The summed E-state index contributed by atoms with van der Waals surface area (Å²) in [6, 6.07) is 7.67. The lowest BCUT2D eigenvalue weighted by atomic mass is 10.0. The maximum Gasteiger partial charge on any atom is 0.336 e. The van der Waals surface area contributed by atoms with Gasteiger partial charge in [-0.1, -0.05) is 19.1 Å². The van der Waals surface area contributed by atoms with Crippen LogP contribution in [0.15, 0.2) is 30.3 Å². The first-order chi connectivity index (χ1) is 12.7. The lowest BCUT2D eigenvalue weighted by Crippen LogP contribution is -2.13. The summed E-state index contributed by atoms with van der Waals surface area (Å²) in [6.45, 7) is 4.99. The molecule has 0 fully saturated rings. The molecule has 2 rings (SSSR count). The first-order valence-electron chi connectivity index (χ1n) is 8.28. The van der Waals surface area contributed by atoms with Crippen molar-refractivity contribution in [1.29, 1.82) is 0 Å². The fourth-order valence-electron chi connectivity index (χ4n) is 2.60. The number of nitrogens with one attached hydrogen (secondary N) is 1. The van der Waals surface area contributed by atoms with Gasteiger partial charge in [0, 0.05) is 12.0 Å². The van der Waals surface area contributed by atoms with E-state index in [1.165, 1.54) is 12.1 Å². The Kier molecular flexibility index (Phi) is 6.12. The summed E-state index contributed by atoms with van der Waals surface area (Å²) in [4.78, 5) is 33.8. The van der Waals surface area contributed by atoms with Crippen molar-refractivity contribution in [3.05, 3.63) is 62.7 Å². The van der Waals surface area contributed by atoms with Gasteiger partial charge in [-0.3, -0.25) is 14.9 Å². The monoisotopic (exact) mass is 372 g/mol. The van der Waals surface area contributed by atoms with Gasteiger partial charge in [0.15, 0.2) is 0 Å². The highest BCUT2D eigenvalue weighted by atomic mass is 16.6. The number of hydrogen-bond donors (Lipinski definition) is 2. The van der Waals surface area contributed by atoms with Crippen LogP contribution in [0.1, 0.15) is 40.4 Å². The van der Waals surface area contributed by atoms with Crippen molar-refractivity contribution in [3.63, 3.8) is 0 Å². The number of aryl methyl sites for hydroxylation is 2. The number of amides is 1. The standard InChI is InChI=1S/C19H20N2O6/c1-4-17(22)20-18-12(3)8-13(9-16(18)21(25)26)27-10-15-11(2)6-5-7-14(15)19(23)24/h5-9H,4,10H2,1-3H3,(H,20,22)(H,23,24). The molecule has 0 spiro atoms. The predicted octanol–water partition coefficient (Wildman–Crippen LogP) is 3.84. The zero-order chi connectivity index (χ0) is 20.1.